The van der Waals surface area contributed by atoms with Crippen LogP contribution in [0.1, 0.15) is 44.5 Å². The van der Waals surface area contributed by atoms with E-state index in [-0.39, 0.29) is 0 Å². The zero-order valence-corrected chi connectivity index (χ0v) is 12.6. The molecule has 1 aliphatic carbocycles. The zero-order valence-electron chi connectivity index (χ0n) is 11.1. The summed E-state index contributed by atoms with van der Waals surface area (Å²) in [6.45, 7) is 2.24. The average molecular weight is 297 g/mol. The van der Waals surface area contributed by atoms with Crippen molar-refractivity contribution >= 4 is 34.2 Å². The van der Waals surface area contributed by atoms with Crippen molar-refractivity contribution in [2.45, 2.75) is 44.5 Å². The van der Waals surface area contributed by atoms with Gasteiger partial charge in [0.2, 0.25) is 0 Å². The Morgan fingerprint density at radius 1 is 1.42 bits per heavy atom. The summed E-state index contributed by atoms with van der Waals surface area (Å²) in [5.74, 6) is 2.31. The maximum atomic E-state index is 6.13. The molecule has 19 heavy (non-hydrogen) atoms. The van der Waals surface area contributed by atoms with E-state index in [0.29, 0.717) is 11.9 Å². The molecule has 0 aliphatic heterocycles. The van der Waals surface area contributed by atoms with Crippen LogP contribution in [0.4, 0.5) is 0 Å². The fourth-order valence-electron chi connectivity index (χ4n) is 2.81. The molecular formula is C15H18Cl2N2. The maximum absolute atomic E-state index is 6.13. The van der Waals surface area contributed by atoms with Crippen LogP contribution in [0.2, 0.25) is 5.02 Å². The van der Waals surface area contributed by atoms with Crippen LogP contribution in [0.5, 0.6) is 0 Å². The minimum atomic E-state index is 0.452. The first-order chi connectivity index (χ1) is 9.22. The van der Waals surface area contributed by atoms with Gasteiger partial charge in [-0.15, -0.1) is 11.6 Å². The Balaban J connectivity index is 2.09. The summed E-state index contributed by atoms with van der Waals surface area (Å²) in [4.78, 5) is 4.64. The summed E-state index contributed by atoms with van der Waals surface area (Å²) in [5.41, 5.74) is 2.12. The first-order valence-corrected chi connectivity index (χ1v) is 7.86. The highest BCUT2D eigenvalue weighted by molar-refractivity contribution is 6.31. The lowest BCUT2D eigenvalue weighted by molar-refractivity contribution is 0.429. The van der Waals surface area contributed by atoms with E-state index in [2.05, 4.69) is 16.5 Å². The Hall–Kier alpha value is -0.730. The number of nitrogens with zero attached hydrogens (tertiary/aromatic N) is 2. The van der Waals surface area contributed by atoms with Crippen LogP contribution in [0.25, 0.3) is 11.0 Å². The molecule has 1 unspecified atom stereocenters. The van der Waals surface area contributed by atoms with E-state index < -0.39 is 0 Å². The van der Waals surface area contributed by atoms with Crippen LogP contribution in [0, 0.1) is 5.92 Å². The Morgan fingerprint density at radius 2 is 2.21 bits per heavy atom. The van der Waals surface area contributed by atoms with Crippen molar-refractivity contribution < 1.29 is 0 Å². The van der Waals surface area contributed by atoms with Gasteiger partial charge in [0, 0.05) is 11.1 Å². The van der Waals surface area contributed by atoms with E-state index in [1.807, 2.05) is 18.2 Å². The summed E-state index contributed by atoms with van der Waals surface area (Å²) in [7, 11) is 0. The Bertz CT molecular complexity index is 587. The highest BCUT2D eigenvalue weighted by Crippen LogP contribution is 2.39. The molecule has 1 aromatic carbocycles. The Morgan fingerprint density at radius 3 is 2.84 bits per heavy atom. The molecule has 3 rings (SSSR count). The van der Waals surface area contributed by atoms with E-state index in [4.69, 9.17) is 23.2 Å². The first kappa shape index (κ1) is 13.3. The molecule has 4 heteroatoms. The van der Waals surface area contributed by atoms with E-state index in [9.17, 15) is 0 Å². The lowest BCUT2D eigenvalue weighted by atomic mass is 10.1. The van der Waals surface area contributed by atoms with Gasteiger partial charge in [-0.1, -0.05) is 31.4 Å². The minimum Gasteiger partial charge on any atom is -0.324 e. The molecule has 1 aromatic heterocycles. The third-order valence-electron chi connectivity index (χ3n) is 3.98. The fraction of sp³-hybridized carbons (Fsp3) is 0.533. The molecular weight excluding hydrogens is 279 g/mol. The molecule has 0 amide bonds. The van der Waals surface area contributed by atoms with Crippen LogP contribution < -0.4 is 0 Å². The van der Waals surface area contributed by atoms with Crippen LogP contribution >= 0.6 is 23.2 Å². The number of alkyl halides is 1. The van der Waals surface area contributed by atoms with Crippen LogP contribution in [0.3, 0.4) is 0 Å². The molecule has 1 aliphatic rings. The van der Waals surface area contributed by atoms with Gasteiger partial charge >= 0.3 is 0 Å². The highest BCUT2D eigenvalue weighted by atomic mass is 35.5. The quantitative estimate of drug-likeness (QED) is 0.695. The van der Waals surface area contributed by atoms with Gasteiger partial charge in [0.15, 0.2) is 0 Å². The monoisotopic (exact) mass is 296 g/mol. The average Bonchev–Trinajstić information content (AvgIpc) is 3.16. The number of rotatable bonds is 5. The standard InChI is InChI=1S/C15H18Cl2N2/c1-2-12(7-10-3-4-10)19-14-8-11(17)5-6-13(14)18-15(19)9-16/h5-6,8,10,12H,2-4,7,9H2,1H3. The molecule has 1 heterocycles. The number of benzene rings is 1. The van der Waals surface area contributed by atoms with Gasteiger partial charge in [-0.25, -0.2) is 4.98 Å². The molecule has 1 saturated carbocycles. The normalized spacial score (nSPS) is 17.0. The van der Waals surface area contributed by atoms with E-state index in [0.717, 1.165) is 34.2 Å². The third kappa shape index (κ3) is 2.61. The lowest BCUT2D eigenvalue weighted by Gasteiger charge is -2.20. The summed E-state index contributed by atoms with van der Waals surface area (Å²) in [6.07, 6.45) is 5.09. The Kier molecular flexibility index (Phi) is 3.72. The molecule has 0 N–H and O–H groups in total. The molecule has 102 valence electrons. The van der Waals surface area contributed by atoms with Crippen molar-refractivity contribution in [2.24, 2.45) is 5.92 Å². The SMILES string of the molecule is CCC(CC1CC1)n1c(CCl)nc2ccc(Cl)cc21. The van der Waals surface area contributed by atoms with Crippen molar-refractivity contribution in [3.8, 4) is 0 Å². The predicted octanol–water partition coefficient (Wildman–Crippen LogP) is 5.18. The van der Waals surface area contributed by atoms with Gasteiger partial charge < -0.3 is 4.57 Å². The van der Waals surface area contributed by atoms with Gasteiger partial charge in [0.1, 0.15) is 5.82 Å². The summed E-state index contributed by atoms with van der Waals surface area (Å²) in [5, 5.41) is 0.760. The molecule has 2 nitrogen and oxygen atoms in total. The molecule has 0 radical (unpaired) electrons. The summed E-state index contributed by atoms with van der Waals surface area (Å²) < 4.78 is 2.31. The molecule has 0 spiro atoms. The number of imidazole rings is 1. The topological polar surface area (TPSA) is 17.8 Å². The highest BCUT2D eigenvalue weighted by Gasteiger charge is 2.27. The summed E-state index contributed by atoms with van der Waals surface area (Å²) >= 11 is 12.2. The first-order valence-electron chi connectivity index (χ1n) is 6.95. The molecule has 0 saturated heterocycles. The number of aromatic nitrogens is 2. The molecule has 1 fully saturated rings. The number of fused-ring (bicyclic) bond motifs is 1. The lowest BCUT2D eigenvalue weighted by Crippen LogP contribution is -2.11. The van der Waals surface area contributed by atoms with Gasteiger partial charge in [0.25, 0.3) is 0 Å². The molecule has 2 aromatic rings. The van der Waals surface area contributed by atoms with E-state index in [1.54, 1.807) is 0 Å². The van der Waals surface area contributed by atoms with Crippen LogP contribution in [-0.4, -0.2) is 9.55 Å². The van der Waals surface area contributed by atoms with Crippen molar-refractivity contribution in [2.75, 3.05) is 0 Å². The van der Waals surface area contributed by atoms with Gasteiger partial charge in [-0.05, 0) is 37.0 Å². The maximum Gasteiger partial charge on any atom is 0.125 e. The van der Waals surface area contributed by atoms with Gasteiger partial charge in [-0.3, -0.25) is 0 Å². The second-order valence-corrected chi connectivity index (χ2v) is 6.11. The fourth-order valence-corrected chi connectivity index (χ4v) is 3.17. The van der Waals surface area contributed by atoms with E-state index in [1.165, 1.54) is 19.3 Å². The molecule has 1 atom stereocenters. The predicted molar refractivity (Wildman–Crippen MR) is 81.0 cm³/mol. The second-order valence-electron chi connectivity index (χ2n) is 5.41. The largest absolute Gasteiger partial charge is 0.324 e. The minimum absolute atomic E-state index is 0.452. The van der Waals surface area contributed by atoms with Gasteiger partial charge in [-0.2, -0.15) is 0 Å². The summed E-state index contributed by atoms with van der Waals surface area (Å²) in [6, 6.07) is 6.37. The van der Waals surface area contributed by atoms with Crippen LogP contribution in [0.15, 0.2) is 18.2 Å². The van der Waals surface area contributed by atoms with Crippen molar-refractivity contribution in [1.82, 2.24) is 9.55 Å². The number of halogens is 2. The van der Waals surface area contributed by atoms with E-state index >= 15 is 0 Å². The van der Waals surface area contributed by atoms with Crippen molar-refractivity contribution in [3.05, 3.63) is 29.0 Å². The third-order valence-corrected chi connectivity index (χ3v) is 4.46. The second kappa shape index (κ2) is 5.34. The van der Waals surface area contributed by atoms with Crippen LogP contribution in [-0.2, 0) is 5.88 Å². The van der Waals surface area contributed by atoms with Crippen molar-refractivity contribution in [1.29, 1.82) is 0 Å². The number of hydrogen-bond donors (Lipinski definition) is 0. The molecule has 0 bridgehead atoms. The smallest absolute Gasteiger partial charge is 0.125 e. The Labute approximate surface area is 123 Å². The number of hydrogen-bond acceptors (Lipinski definition) is 1. The zero-order chi connectivity index (χ0) is 13.4. The van der Waals surface area contributed by atoms with Gasteiger partial charge in [0.05, 0.1) is 16.9 Å². The van der Waals surface area contributed by atoms with Crippen molar-refractivity contribution in [3.63, 3.8) is 0 Å².